The molecule has 31 heavy (non-hydrogen) atoms. The van der Waals surface area contributed by atoms with Crippen LogP contribution in [0.4, 0.5) is 11.5 Å². The summed E-state index contributed by atoms with van der Waals surface area (Å²) in [4.78, 5) is 35.7. The summed E-state index contributed by atoms with van der Waals surface area (Å²) in [7, 11) is 0. The summed E-state index contributed by atoms with van der Waals surface area (Å²) < 4.78 is 6.68. The third kappa shape index (κ3) is 3.88. The standard InChI is InChI=1S/C22H24N6O3/c1-14-10-19-23-6-2-20(29)28(19)26-21(14)27-7-3-18-16(13-27)11-17(12-24-18)25-22(30)15-4-8-31-9-5-15/h2,6,10-12,15H,3-5,7-9,13H2,1H3,(H,25,30). The summed E-state index contributed by atoms with van der Waals surface area (Å²) in [5.74, 6) is 0.763. The highest BCUT2D eigenvalue weighted by atomic mass is 16.5. The predicted molar refractivity (Wildman–Crippen MR) is 115 cm³/mol. The highest BCUT2D eigenvalue weighted by Gasteiger charge is 2.24. The summed E-state index contributed by atoms with van der Waals surface area (Å²) in [6.45, 7) is 4.60. The van der Waals surface area contributed by atoms with Crippen LogP contribution in [0.2, 0.25) is 0 Å². The van der Waals surface area contributed by atoms with Gasteiger partial charge in [-0.3, -0.25) is 14.6 Å². The lowest BCUT2D eigenvalue weighted by Crippen LogP contribution is -2.33. The van der Waals surface area contributed by atoms with E-state index in [0.717, 1.165) is 48.4 Å². The average Bonchev–Trinajstić information content (AvgIpc) is 2.79. The monoisotopic (exact) mass is 420 g/mol. The molecule has 0 aromatic carbocycles. The topological polar surface area (TPSA) is 102 Å². The molecule has 1 saturated heterocycles. The van der Waals surface area contributed by atoms with Gasteiger partial charge in [-0.1, -0.05) is 0 Å². The van der Waals surface area contributed by atoms with E-state index in [-0.39, 0.29) is 17.4 Å². The third-order valence-corrected chi connectivity index (χ3v) is 5.94. The van der Waals surface area contributed by atoms with E-state index < -0.39 is 0 Å². The van der Waals surface area contributed by atoms with Crippen LogP contribution in [0, 0.1) is 12.8 Å². The zero-order valence-electron chi connectivity index (χ0n) is 17.4. The van der Waals surface area contributed by atoms with Crippen LogP contribution in [0.5, 0.6) is 0 Å². The number of carbonyl (C=O) groups is 1. The Morgan fingerprint density at radius 3 is 2.90 bits per heavy atom. The minimum atomic E-state index is -0.205. The molecule has 160 valence electrons. The first-order valence-electron chi connectivity index (χ1n) is 10.6. The van der Waals surface area contributed by atoms with Crippen LogP contribution in [-0.2, 0) is 22.5 Å². The number of hydrogen-bond acceptors (Lipinski definition) is 7. The van der Waals surface area contributed by atoms with Crippen LogP contribution in [0.1, 0.15) is 29.7 Å². The zero-order valence-corrected chi connectivity index (χ0v) is 17.4. The number of hydrogen-bond donors (Lipinski definition) is 1. The van der Waals surface area contributed by atoms with Gasteiger partial charge in [0.2, 0.25) is 5.91 Å². The van der Waals surface area contributed by atoms with Crippen LogP contribution < -0.4 is 15.8 Å². The first-order chi connectivity index (χ1) is 15.1. The average molecular weight is 420 g/mol. The van der Waals surface area contributed by atoms with Gasteiger partial charge in [-0.2, -0.15) is 4.52 Å². The molecule has 1 N–H and O–H groups in total. The Hall–Kier alpha value is -3.33. The van der Waals surface area contributed by atoms with Crippen molar-refractivity contribution in [3.8, 4) is 0 Å². The number of pyridine rings is 1. The molecule has 0 aliphatic carbocycles. The Kier molecular flexibility index (Phi) is 5.11. The fourth-order valence-corrected chi connectivity index (χ4v) is 4.24. The molecular weight excluding hydrogens is 396 g/mol. The van der Waals surface area contributed by atoms with Crippen molar-refractivity contribution < 1.29 is 9.53 Å². The molecule has 0 atom stereocenters. The second kappa shape index (κ2) is 8.07. The minimum Gasteiger partial charge on any atom is -0.381 e. The van der Waals surface area contributed by atoms with Crippen molar-refractivity contribution >= 4 is 23.1 Å². The van der Waals surface area contributed by atoms with E-state index in [4.69, 9.17) is 4.74 Å². The Labute approximate surface area is 179 Å². The molecule has 9 heteroatoms. The number of carbonyl (C=O) groups excluding carboxylic acids is 1. The molecule has 0 saturated carbocycles. The first kappa shape index (κ1) is 19.6. The van der Waals surface area contributed by atoms with Crippen molar-refractivity contribution in [2.75, 3.05) is 30.0 Å². The van der Waals surface area contributed by atoms with Gasteiger partial charge in [0.15, 0.2) is 11.5 Å². The Morgan fingerprint density at radius 1 is 1.23 bits per heavy atom. The predicted octanol–water partition coefficient (Wildman–Crippen LogP) is 1.72. The fraction of sp³-hybridized carbons (Fsp3) is 0.409. The summed E-state index contributed by atoms with van der Waals surface area (Å²) in [6, 6.07) is 5.28. The lowest BCUT2D eigenvalue weighted by atomic mass is 9.99. The van der Waals surface area contributed by atoms with Gasteiger partial charge in [0.1, 0.15) is 0 Å². The van der Waals surface area contributed by atoms with Gasteiger partial charge >= 0.3 is 0 Å². The smallest absolute Gasteiger partial charge is 0.274 e. The molecule has 0 radical (unpaired) electrons. The molecule has 2 aliphatic rings. The Bertz CT molecular complexity index is 1200. The van der Waals surface area contributed by atoms with Crippen LogP contribution >= 0.6 is 0 Å². The maximum absolute atomic E-state index is 12.6. The lowest BCUT2D eigenvalue weighted by Gasteiger charge is -2.30. The number of aryl methyl sites for hydroxylation is 1. The molecule has 0 bridgehead atoms. The Balaban J connectivity index is 1.39. The minimum absolute atomic E-state index is 0.0161. The van der Waals surface area contributed by atoms with Crippen LogP contribution in [-0.4, -0.2) is 45.2 Å². The number of ether oxygens (including phenoxy) is 1. The van der Waals surface area contributed by atoms with Crippen molar-refractivity contribution in [1.82, 2.24) is 19.6 Å². The van der Waals surface area contributed by atoms with Gasteiger partial charge in [-0.25, -0.2) is 4.98 Å². The van der Waals surface area contributed by atoms with Crippen molar-refractivity contribution in [3.05, 3.63) is 57.8 Å². The van der Waals surface area contributed by atoms with Crippen molar-refractivity contribution in [2.24, 2.45) is 5.92 Å². The molecule has 1 amide bonds. The second-order valence-corrected chi connectivity index (χ2v) is 8.08. The van der Waals surface area contributed by atoms with Crippen LogP contribution in [0.15, 0.2) is 35.4 Å². The number of anilines is 2. The zero-order chi connectivity index (χ0) is 21.4. The van der Waals surface area contributed by atoms with Gasteiger partial charge in [0, 0.05) is 56.6 Å². The molecule has 0 spiro atoms. The van der Waals surface area contributed by atoms with E-state index in [1.54, 1.807) is 6.20 Å². The van der Waals surface area contributed by atoms with Crippen LogP contribution in [0.3, 0.4) is 0 Å². The van der Waals surface area contributed by atoms with E-state index in [2.05, 4.69) is 25.3 Å². The fourth-order valence-electron chi connectivity index (χ4n) is 4.24. The van der Waals surface area contributed by atoms with Crippen LogP contribution in [0.25, 0.3) is 5.65 Å². The molecule has 5 heterocycles. The number of amides is 1. The van der Waals surface area contributed by atoms with Gasteiger partial charge in [0.05, 0.1) is 11.9 Å². The number of nitrogens with one attached hydrogen (secondary N) is 1. The van der Waals surface area contributed by atoms with E-state index in [1.807, 2.05) is 19.1 Å². The van der Waals surface area contributed by atoms with E-state index in [1.165, 1.54) is 16.8 Å². The molecular formula is C22H24N6O3. The summed E-state index contributed by atoms with van der Waals surface area (Å²) in [5.41, 5.74) is 4.07. The quantitative estimate of drug-likeness (QED) is 0.688. The molecule has 5 rings (SSSR count). The van der Waals surface area contributed by atoms with Crippen molar-refractivity contribution in [2.45, 2.75) is 32.7 Å². The van der Waals surface area contributed by atoms with Gasteiger partial charge in [-0.05, 0) is 43.0 Å². The number of aromatic nitrogens is 4. The molecule has 3 aromatic heterocycles. The largest absolute Gasteiger partial charge is 0.381 e. The van der Waals surface area contributed by atoms with Crippen molar-refractivity contribution in [3.63, 3.8) is 0 Å². The normalized spacial score (nSPS) is 16.9. The molecule has 0 unspecified atom stereocenters. The Morgan fingerprint density at radius 2 is 2.06 bits per heavy atom. The first-order valence-corrected chi connectivity index (χ1v) is 10.6. The molecule has 3 aromatic rings. The van der Waals surface area contributed by atoms with Gasteiger partial charge in [0.25, 0.3) is 5.56 Å². The summed E-state index contributed by atoms with van der Waals surface area (Å²) >= 11 is 0. The molecule has 9 nitrogen and oxygen atoms in total. The SMILES string of the molecule is Cc1cc2nccc(=O)n2nc1N1CCc2ncc(NC(=O)C3CCOCC3)cc2C1. The number of rotatable bonds is 3. The van der Waals surface area contributed by atoms with E-state index >= 15 is 0 Å². The highest BCUT2D eigenvalue weighted by Crippen LogP contribution is 2.27. The third-order valence-electron chi connectivity index (χ3n) is 5.94. The van der Waals surface area contributed by atoms with E-state index in [0.29, 0.717) is 31.1 Å². The summed E-state index contributed by atoms with van der Waals surface area (Å²) in [6.07, 6.45) is 5.50. The maximum atomic E-state index is 12.6. The van der Waals surface area contributed by atoms with Crippen molar-refractivity contribution in [1.29, 1.82) is 0 Å². The maximum Gasteiger partial charge on any atom is 0.274 e. The lowest BCUT2D eigenvalue weighted by molar-refractivity contribution is -0.122. The van der Waals surface area contributed by atoms with Gasteiger partial charge in [-0.15, -0.1) is 5.10 Å². The number of fused-ring (bicyclic) bond motifs is 2. The molecule has 2 aliphatic heterocycles. The summed E-state index contributed by atoms with van der Waals surface area (Å²) in [5, 5.41) is 7.58. The van der Waals surface area contributed by atoms with Gasteiger partial charge < -0.3 is 15.0 Å². The van der Waals surface area contributed by atoms with E-state index in [9.17, 15) is 9.59 Å². The second-order valence-electron chi connectivity index (χ2n) is 8.08. The molecule has 1 fully saturated rings. The highest BCUT2D eigenvalue weighted by molar-refractivity contribution is 5.92. The number of nitrogens with zero attached hydrogens (tertiary/aromatic N) is 5.